The van der Waals surface area contributed by atoms with Crippen LogP contribution in [0.3, 0.4) is 0 Å². The Labute approximate surface area is 125 Å². The van der Waals surface area contributed by atoms with E-state index in [1.54, 1.807) is 0 Å². The predicted octanol–water partition coefficient (Wildman–Crippen LogP) is 4.91. The van der Waals surface area contributed by atoms with Gasteiger partial charge in [0.2, 0.25) is 0 Å². The van der Waals surface area contributed by atoms with Crippen LogP contribution >= 0.6 is 0 Å². The van der Waals surface area contributed by atoms with Crippen LogP contribution in [0.15, 0.2) is 24.3 Å². The Morgan fingerprint density at radius 1 is 1.25 bits per heavy atom. The Morgan fingerprint density at radius 3 is 2.55 bits per heavy atom. The summed E-state index contributed by atoms with van der Waals surface area (Å²) in [6.45, 7) is 10.4. The van der Waals surface area contributed by atoms with Crippen molar-refractivity contribution in [1.82, 2.24) is 5.32 Å². The topological polar surface area (TPSA) is 12.0 Å². The van der Waals surface area contributed by atoms with Crippen LogP contribution in [-0.2, 0) is 6.42 Å². The first-order chi connectivity index (χ1) is 9.52. The summed E-state index contributed by atoms with van der Waals surface area (Å²) in [5.74, 6) is 0.633. The van der Waals surface area contributed by atoms with Gasteiger partial charge in [0, 0.05) is 6.04 Å². The van der Waals surface area contributed by atoms with E-state index in [-0.39, 0.29) is 0 Å². The lowest BCUT2D eigenvalue weighted by Crippen LogP contribution is -2.28. The van der Waals surface area contributed by atoms with Gasteiger partial charge in [-0.25, -0.2) is 0 Å². The molecule has 1 nitrogen and oxygen atoms in total. The second-order valence-corrected chi connectivity index (χ2v) is 7.28. The fraction of sp³-hybridized carbons (Fsp3) is 0.684. The average molecular weight is 273 g/mol. The molecule has 2 rings (SSSR count). The van der Waals surface area contributed by atoms with Crippen molar-refractivity contribution in [3.63, 3.8) is 0 Å². The monoisotopic (exact) mass is 273 g/mol. The highest BCUT2D eigenvalue weighted by molar-refractivity contribution is 5.25. The molecular formula is C19H31N. The second kappa shape index (κ2) is 6.76. The van der Waals surface area contributed by atoms with E-state index in [1.165, 1.54) is 49.8 Å². The molecule has 1 heteroatoms. The molecule has 1 aromatic rings. The first-order valence-electron chi connectivity index (χ1n) is 8.34. The molecule has 0 bridgehead atoms. The molecule has 1 N–H and O–H groups in total. The lowest BCUT2D eigenvalue weighted by atomic mass is 9.81. The second-order valence-electron chi connectivity index (χ2n) is 7.28. The maximum Gasteiger partial charge on any atom is 0.00725 e. The zero-order valence-corrected chi connectivity index (χ0v) is 13.7. The van der Waals surface area contributed by atoms with Gasteiger partial charge in [-0.3, -0.25) is 0 Å². The quantitative estimate of drug-likeness (QED) is 0.776. The third-order valence-corrected chi connectivity index (χ3v) is 4.80. The SMILES string of the molecule is CCCNC1CCC(C)(Cc2ccc(C(C)C)cc2)C1. The van der Waals surface area contributed by atoms with Crippen LogP contribution in [0.4, 0.5) is 0 Å². The fourth-order valence-electron chi connectivity index (χ4n) is 3.52. The Kier molecular flexibility index (Phi) is 5.26. The Morgan fingerprint density at radius 2 is 1.95 bits per heavy atom. The minimum absolute atomic E-state index is 0.491. The van der Waals surface area contributed by atoms with E-state index in [4.69, 9.17) is 0 Å². The first-order valence-corrected chi connectivity index (χ1v) is 8.34. The summed E-state index contributed by atoms with van der Waals surface area (Å²) < 4.78 is 0. The van der Waals surface area contributed by atoms with Gasteiger partial charge in [0.05, 0.1) is 0 Å². The highest BCUT2D eigenvalue weighted by Crippen LogP contribution is 2.40. The largest absolute Gasteiger partial charge is 0.314 e. The molecule has 1 aliphatic rings. The number of hydrogen-bond acceptors (Lipinski definition) is 1. The van der Waals surface area contributed by atoms with E-state index in [2.05, 4.69) is 57.3 Å². The third-order valence-electron chi connectivity index (χ3n) is 4.80. The zero-order valence-electron chi connectivity index (χ0n) is 13.7. The molecule has 1 aromatic carbocycles. The molecule has 1 fully saturated rings. The normalized spacial score (nSPS) is 26.4. The van der Waals surface area contributed by atoms with Gasteiger partial charge in [0.1, 0.15) is 0 Å². The molecule has 112 valence electrons. The molecule has 20 heavy (non-hydrogen) atoms. The summed E-state index contributed by atoms with van der Waals surface area (Å²) in [5, 5.41) is 3.70. The molecule has 2 atom stereocenters. The summed E-state index contributed by atoms with van der Waals surface area (Å²) >= 11 is 0. The van der Waals surface area contributed by atoms with Crippen LogP contribution in [0.5, 0.6) is 0 Å². The molecule has 0 saturated heterocycles. The van der Waals surface area contributed by atoms with Gasteiger partial charge < -0.3 is 5.32 Å². The van der Waals surface area contributed by atoms with Crippen molar-refractivity contribution >= 4 is 0 Å². The molecule has 0 heterocycles. The summed E-state index contributed by atoms with van der Waals surface area (Å²) in [7, 11) is 0. The summed E-state index contributed by atoms with van der Waals surface area (Å²) in [5.41, 5.74) is 3.45. The minimum atomic E-state index is 0.491. The number of benzene rings is 1. The molecule has 1 saturated carbocycles. The van der Waals surface area contributed by atoms with E-state index < -0.39 is 0 Å². The minimum Gasteiger partial charge on any atom is -0.314 e. The van der Waals surface area contributed by atoms with Gasteiger partial charge in [0.15, 0.2) is 0 Å². The van der Waals surface area contributed by atoms with Crippen LogP contribution in [0, 0.1) is 5.41 Å². The molecular weight excluding hydrogens is 242 g/mol. The standard InChI is InChI=1S/C19H31N/c1-5-12-20-18-10-11-19(4,14-18)13-16-6-8-17(9-7-16)15(2)3/h6-9,15,18,20H,5,10-14H2,1-4H3. The molecule has 0 aliphatic heterocycles. The Bertz CT molecular complexity index is 406. The van der Waals surface area contributed by atoms with Crippen molar-refractivity contribution < 1.29 is 0 Å². The average Bonchev–Trinajstić information content (AvgIpc) is 2.78. The van der Waals surface area contributed by atoms with Crippen molar-refractivity contribution in [1.29, 1.82) is 0 Å². The molecule has 2 unspecified atom stereocenters. The van der Waals surface area contributed by atoms with Crippen molar-refractivity contribution in [3.8, 4) is 0 Å². The maximum absolute atomic E-state index is 3.70. The maximum atomic E-state index is 3.70. The third kappa shape index (κ3) is 4.09. The van der Waals surface area contributed by atoms with Crippen LogP contribution in [0.2, 0.25) is 0 Å². The fourth-order valence-corrected chi connectivity index (χ4v) is 3.52. The van der Waals surface area contributed by atoms with Crippen LogP contribution < -0.4 is 5.32 Å². The van der Waals surface area contributed by atoms with E-state index in [1.807, 2.05) is 0 Å². The van der Waals surface area contributed by atoms with E-state index >= 15 is 0 Å². The molecule has 1 aliphatic carbocycles. The number of hydrogen-bond donors (Lipinski definition) is 1. The van der Waals surface area contributed by atoms with Crippen molar-refractivity contribution in [2.24, 2.45) is 5.41 Å². The van der Waals surface area contributed by atoms with E-state index in [9.17, 15) is 0 Å². The highest BCUT2D eigenvalue weighted by atomic mass is 14.9. The number of nitrogens with one attached hydrogen (secondary N) is 1. The van der Waals surface area contributed by atoms with Gasteiger partial charge in [-0.1, -0.05) is 52.0 Å². The van der Waals surface area contributed by atoms with Crippen molar-refractivity contribution in [3.05, 3.63) is 35.4 Å². The van der Waals surface area contributed by atoms with Crippen LogP contribution in [0.25, 0.3) is 0 Å². The Hall–Kier alpha value is -0.820. The molecule has 0 amide bonds. The lowest BCUT2D eigenvalue weighted by Gasteiger charge is -2.25. The van der Waals surface area contributed by atoms with Gasteiger partial charge in [-0.2, -0.15) is 0 Å². The summed E-state index contributed by atoms with van der Waals surface area (Å²) in [6, 6.07) is 10.0. The molecule has 0 aromatic heterocycles. The highest BCUT2D eigenvalue weighted by Gasteiger charge is 2.34. The van der Waals surface area contributed by atoms with Crippen LogP contribution in [-0.4, -0.2) is 12.6 Å². The zero-order chi connectivity index (χ0) is 14.6. The molecule has 0 radical (unpaired) electrons. The van der Waals surface area contributed by atoms with Gasteiger partial charge in [0.25, 0.3) is 0 Å². The van der Waals surface area contributed by atoms with Crippen molar-refractivity contribution in [2.45, 2.75) is 71.8 Å². The van der Waals surface area contributed by atoms with Crippen LogP contribution in [0.1, 0.15) is 70.4 Å². The van der Waals surface area contributed by atoms with Gasteiger partial charge in [-0.15, -0.1) is 0 Å². The van der Waals surface area contributed by atoms with Gasteiger partial charge >= 0.3 is 0 Å². The van der Waals surface area contributed by atoms with Gasteiger partial charge in [-0.05, 0) is 61.1 Å². The lowest BCUT2D eigenvalue weighted by molar-refractivity contribution is 0.322. The smallest absolute Gasteiger partial charge is 0.00725 e. The first kappa shape index (κ1) is 15.6. The molecule has 0 spiro atoms. The van der Waals surface area contributed by atoms with E-state index in [0.717, 1.165) is 6.04 Å². The summed E-state index contributed by atoms with van der Waals surface area (Å²) in [6.07, 6.45) is 6.51. The number of rotatable bonds is 6. The van der Waals surface area contributed by atoms with E-state index in [0.29, 0.717) is 11.3 Å². The predicted molar refractivity (Wildman–Crippen MR) is 88.3 cm³/mol. The summed E-state index contributed by atoms with van der Waals surface area (Å²) in [4.78, 5) is 0. The Balaban J connectivity index is 1.92. The van der Waals surface area contributed by atoms with Crippen molar-refractivity contribution in [2.75, 3.05) is 6.54 Å².